The number of likely N-dealkylation sites (N-methyl/N-ethyl adjacent to an activating group) is 1. The number of benzene rings is 2. The van der Waals surface area contributed by atoms with E-state index in [9.17, 15) is 9.59 Å². The van der Waals surface area contributed by atoms with Gasteiger partial charge in [0.2, 0.25) is 5.78 Å². The lowest BCUT2D eigenvalue weighted by Crippen LogP contribution is -2.17. The third kappa shape index (κ3) is 7.38. The fourth-order valence-corrected chi connectivity index (χ4v) is 4.49. The Morgan fingerprint density at radius 2 is 1.89 bits per heavy atom. The summed E-state index contributed by atoms with van der Waals surface area (Å²) in [6, 6.07) is 17.4. The van der Waals surface area contributed by atoms with E-state index in [0.717, 1.165) is 30.9 Å². The molecule has 0 bridgehead atoms. The molecule has 3 aromatic rings. The number of hydrazone groups is 1. The Bertz CT molecular complexity index is 1310. The van der Waals surface area contributed by atoms with Crippen molar-refractivity contribution in [3.05, 3.63) is 94.2 Å². The van der Waals surface area contributed by atoms with Crippen LogP contribution in [0.3, 0.4) is 0 Å². The van der Waals surface area contributed by atoms with Crippen LogP contribution >= 0.6 is 11.8 Å². The molecule has 2 aromatic carbocycles. The van der Waals surface area contributed by atoms with E-state index in [-0.39, 0.29) is 16.5 Å². The highest BCUT2D eigenvalue weighted by Gasteiger charge is 2.24. The van der Waals surface area contributed by atoms with Crippen molar-refractivity contribution >= 4 is 46.0 Å². The van der Waals surface area contributed by atoms with E-state index in [4.69, 9.17) is 5.41 Å². The van der Waals surface area contributed by atoms with Gasteiger partial charge in [0.25, 0.3) is 0 Å². The highest BCUT2D eigenvalue weighted by molar-refractivity contribution is 8.19. The van der Waals surface area contributed by atoms with Crippen LogP contribution in [-0.4, -0.2) is 47.4 Å². The quantitative estimate of drug-likeness (QED) is 0.204. The summed E-state index contributed by atoms with van der Waals surface area (Å²) in [5.74, 6) is -0.245. The number of carbonyl (C=O) groups excluding carboxylic acids is 2. The number of aromatic nitrogens is 1. The molecule has 0 saturated heterocycles. The van der Waals surface area contributed by atoms with Gasteiger partial charge in [-0.15, -0.1) is 0 Å². The van der Waals surface area contributed by atoms with Crippen LogP contribution in [0.1, 0.15) is 42.4 Å². The van der Waals surface area contributed by atoms with Crippen LogP contribution in [0, 0.1) is 5.41 Å². The molecule has 8 heteroatoms. The first kappa shape index (κ1) is 29.5. The maximum atomic E-state index is 12.5. The number of aryl methyl sites for hydroxylation is 1. The lowest BCUT2D eigenvalue weighted by atomic mass is 10.1. The topological polar surface area (TPSA) is 101 Å². The second-order valence-electron chi connectivity index (χ2n) is 7.77. The number of ketones is 1. The molecule has 0 aliphatic carbocycles. The van der Waals surface area contributed by atoms with Crippen LogP contribution < -0.4 is 5.32 Å². The molecule has 37 heavy (non-hydrogen) atoms. The van der Waals surface area contributed by atoms with Gasteiger partial charge < -0.3 is 15.7 Å². The van der Waals surface area contributed by atoms with Crippen LogP contribution in [0.4, 0.5) is 0 Å². The lowest BCUT2D eigenvalue weighted by molar-refractivity contribution is -0.106. The number of fused-ring (bicyclic) bond motifs is 1. The number of H-pyrrole nitrogens is 1. The molecule has 194 valence electrons. The van der Waals surface area contributed by atoms with Crippen molar-refractivity contribution in [2.45, 2.75) is 33.7 Å². The van der Waals surface area contributed by atoms with Gasteiger partial charge in [-0.2, -0.15) is 5.10 Å². The fourth-order valence-electron chi connectivity index (χ4n) is 3.61. The highest BCUT2D eigenvalue weighted by Crippen LogP contribution is 2.30. The van der Waals surface area contributed by atoms with E-state index in [1.807, 2.05) is 27.0 Å². The summed E-state index contributed by atoms with van der Waals surface area (Å²) < 4.78 is 0. The standard InChI is InChI=1S/C15H13N3O2S.C12H16N2.C2H6/c1-10-12(8-16)13(9-19)18(2)17-15(21-10)14(20)11-6-4-3-5-7-11;1-3-10-7-11-9(8-13-2)5-4-6-12(11)14-10;1-2/h3-9,16H,1H2,2H3;4-7,13-14H,3,8H2,1-2H3;1-2H3. The SMILES string of the molecule is C=C1SC(C(=O)c2ccccc2)=NN(C)C(C=O)=C1C=N.CC.CCc1cc2c(CNC)cccc2[nH]1. The van der Waals surface area contributed by atoms with Gasteiger partial charge in [0.1, 0.15) is 5.70 Å². The first-order chi connectivity index (χ1) is 17.9. The maximum Gasteiger partial charge on any atom is 0.220 e. The number of nitrogens with one attached hydrogen (secondary N) is 3. The summed E-state index contributed by atoms with van der Waals surface area (Å²) in [5, 5.41) is 17.6. The van der Waals surface area contributed by atoms with Crippen molar-refractivity contribution in [2.75, 3.05) is 14.1 Å². The van der Waals surface area contributed by atoms with Gasteiger partial charge in [-0.05, 0) is 31.2 Å². The summed E-state index contributed by atoms with van der Waals surface area (Å²) >= 11 is 1.06. The zero-order valence-corrected chi connectivity index (χ0v) is 22.9. The molecule has 0 amide bonds. The maximum absolute atomic E-state index is 12.5. The largest absolute Gasteiger partial charge is 0.358 e. The van der Waals surface area contributed by atoms with Gasteiger partial charge in [0.15, 0.2) is 11.3 Å². The fraction of sp³-hybridized carbons (Fsp3) is 0.241. The first-order valence-electron chi connectivity index (χ1n) is 12.2. The number of allylic oxidation sites excluding steroid dienone is 2. The van der Waals surface area contributed by atoms with Gasteiger partial charge >= 0.3 is 0 Å². The molecule has 3 N–H and O–H groups in total. The minimum Gasteiger partial charge on any atom is -0.358 e. The zero-order chi connectivity index (χ0) is 27.4. The number of hydrogen-bond donors (Lipinski definition) is 3. The van der Waals surface area contributed by atoms with Crippen molar-refractivity contribution in [3.8, 4) is 0 Å². The molecule has 1 aromatic heterocycles. The van der Waals surface area contributed by atoms with E-state index >= 15 is 0 Å². The zero-order valence-electron chi connectivity index (χ0n) is 22.1. The number of nitrogens with zero attached hydrogens (tertiary/aromatic N) is 2. The van der Waals surface area contributed by atoms with Gasteiger partial charge in [-0.25, -0.2) is 0 Å². The van der Waals surface area contributed by atoms with Crippen LogP contribution in [0.5, 0.6) is 0 Å². The van der Waals surface area contributed by atoms with Crippen LogP contribution in [0.25, 0.3) is 10.9 Å². The third-order valence-corrected chi connectivity index (χ3v) is 6.36. The van der Waals surface area contributed by atoms with E-state index in [0.29, 0.717) is 22.3 Å². The molecule has 1 aliphatic heterocycles. The summed E-state index contributed by atoms with van der Waals surface area (Å²) in [4.78, 5) is 27.5. The number of Topliss-reactive ketones (excluding diaryl/α,β-unsaturated/α-hetero) is 1. The van der Waals surface area contributed by atoms with Gasteiger partial charge in [0.05, 0.1) is 0 Å². The molecule has 0 spiro atoms. The number of thioether (sulfide) groups is 1. The normalized spacial score (nSPS) is 13.1. The Morgan fingerprint density at radius 1 is 1.19 bits per heavy atom. The number of aldehydes is 1. The average Bonchev–Trinajstić information content (AvgIpc) is 3.32. The number of rotatable bonds is 7. The van der Waals surface area contributed by atoms with E-state index < -0.39 is 0 Å². The Morgan fingerprint density at radius 3 is 2.49 bits per heavy atom. The smallest absolute Gasteiger partial charge is 0.220 e. The number of hydrogen-bond acceptors (Lipinski definition) is 7. The van der Waals surface area contributed by atoms with Crippen LogP contribution in [0.15, 0.2) is 82.5 Å². The second-order valence-corrected chi connectivity index (χ2v) is 8.85. The van der Waals surface area contributed by atoms with Gasteiger partial charge in [0, 0.05) is 52.4 Å². The molecule has 0 atom stereocenters. The van der Waals surface area contributed by atoms with Crippen LogP contribution in [0.2, 0.25) is 0 Å². The molecular weight excluding hydrogens is 482 g/mol. The Balaban J connectivity index is 0.000000260. The molecule has 0 fully saturated rings. The van der Waals surface area contributed by atoms with Crippen molar-refractivity contribution in [1.29, 1.82) is 5.41 Å². The van der Waals surface area contributed by atoms with Crippen molar-refractivity contribution in [1.82, 2.24) is 15.3 Å². The Kier molecular flexibility index (Phi) is 11.7. The molecule has 4 rings (SSSR count). The number of aromatic amines is 1. The predicted octanol–water partition coefficient (Wildman–Crippen LogP) is 5.95. The molecule has 1 aliphatic rings. The van der Waals surface area contributed by atoms with Crippen LogP contribution in [-0.2, 0) is 17.8 Å². The Hall–Kier alpha value is -3.75. The monoisotopic (exact) mass is 517 g/mol. The van der Waals surface area contributed by atoms with E-state index in [2.05, 4.69) is 53.2 Å². The Labute approximate surface area is 223 Å². The van der Waals surface area contributed by atoms with Gasteiger partial charge in [-0.3, -0.25) is 14.6 Å². The number of carbonyl (C=O) groups is 2. The van der Waals surface area contributed by atoms with Gasteiger partial charge in [-0.1, -0.05) is 81.6 Å². The predicted molar refractivity (Wildman–Crippen MR) is 156 cm³/mol. The lowest BCUT2D eigenvalue weighted by Gasteiger charge is -2.12. The molecule has 2 heterocycles. The summed E-state index contributed by atoms with van der Waals surface area (Å²) in [5.41, 5.74) is 4.99. The minimum atomic E-state index is -0.245. The highest BCUT2D eigenvalue weighted by atomic mass is 32.2. The molecule has 0 saturated carbocycles. The van der Waals surface area contributed by atoms with E-state index in [1.165, 1.54) is 27.2 Å². The van der Waals surface area contributed by atoms with E-state index in [1.54, 1.807) is 31.3 Å². The summed E-state index contributed by atoms with van der Waals surface area (Å²) in [7, 11) is 3.54. The molecule has 7 nitrogen and oxygen atoms in total. The summed E-state index contributed by atoms with van der Waals surface area (Å²) in [6.07, 6.45) is 2.71. The minimum absolute atomic E-state index is 0.207. The average molecular weight is 518 g/mol. The van der Waals surface area contributed by atoms with Crippen molar-refractivity contribution in [3.63, 3.8) is 0 Å². The molecule has 0 unspecified atom stereocenters. The van der Waals surface area contributed by atoms with Crippen molar-refractivity contribution < 1.29 is 9.59 Å². The van der Waals surface area contributed by atoms with Crippen molar-refractivity contribution in [2.24, 2.45) is 5.10 Å². The molecule has 0 radical (unpaired) electrons. The summed E-state index contributed by atoms with van der Waals surface area (Å²) in [6.45, 7) is 10.9. The third-order valence-electron chi connectivity index (χ3n) is 5.43. The first-order valence-corrected chi connectivity index (χ1v) is 13.0. The molecular formula is C29H35N5O2S. The second kappa shape index (κ2) is 14.7.